The third-order valence-electron chi connectivity index (χ3n) is 3.52. The summed E-state index contributed by atoms with van der Waals surface area (Å²) in [4.78, 5) is 0. The molecule has 0 aliphatic carbocycles. The van der Waals surface area contributed by atoms with E-state index in [0.29, 0.717) is 21.8 Å². The topological polar surface area (TPSA) is 43.8 Å². The largest absolute Gasteiger partial charge is 0.383 e. The smallest absolute Gasteiger partial charge is 0.129 e. The van der Waals surface area contributed by atoms with Crippen LogP contribution in [0.3, 0.4) is 0 Å². The van der Waals surface area contributed by atoms with Gasteiger partial charge in [-0.3, -0.25) is 4.68 Å². The van der Waals surface area contributed by atoms with E-state index in [9.17, 15) is 0 Å². The monoisotopic (exact) mass is 311 g/mol. The average Bonchev–Trinajstić information content (AvgIpc) is 2.67. The fraction of sp³-hybridized carbons (Fsp3) is 0.400. The van der Waals surface area contributed by atoms with Gasteiger partial charge in [-0.05, 0) is 18.6 Å². The number of hydrogen-bond acceptors (Lipinski definition) is 2. The normalized spacial score (nSPS) is 12.7. The lowest BCUT2D eigenvalue weighted by atomic mass is 9.95. The fourth-order valence-electron chi connectivity index (χ4n) is 2.47. The molecule has 0 aliphatic rings. The number of aryl methyl sites for hydroxylation is 1. The Labute approximate surface area is 129 Å². The molecule has 1 aromatic carbocycles. The van der Waals surface area contributed by atoms with Gasteiger partial charge in [0.2, 0.25) is 0 Å². The highest BCUT2D eigenvalue weighted by Gasteiger charge is 2.23. The van der Waals surface area contributed by atoms with Gasteiger partial charge in [-0.25, -0.2) is 0 Å². The lowest BCUT2D eigenvalue weighted by Gasteiger charge is -2.12. The van der Waals surface area contributed by atoms with E-state index in [4.69, 9.17) is 28.9 Å². The average molecular weight is 312 g/mol. The van der Waals surface area contributed by atoms with Crippen LogP contribution in [0.4, 0.5) is 5.82 Å². The minimum absolute atomic E-state index is 0.311. The van der Waals surface area contributed by atoms with E-state index < -0.39 is 0 Å². The van der Waals surface area contributed by atoms with Crippen molar-refractivity contribution < 1.29 is 0 Å². The minimum Gasteiger partial charge on any atom is -0.383 e. The molecule has 0 saturated carbocycles. The molecule has 1 atom stereocenters. The molecule has 108 valence electrons. The number of rotatable bonds is 4. The zero-order chi connectivity index (χ0) is 14.9. The van der Waals surface area contributed by atoms with Crippen LogP contribution in [-0.4, -0.2) is 9.78 Å². The van der Waals surface area contributed by atoms with Crippen molar-refractivity contribution in [3.05, 3.63) is 33.9 Å². The van der Waals surface area contributed by atoms with Gasteiger partial charge in [0, 0.05) is 18.5 Å². The van der Waals surface area contributed by atoms with Crippen LogP contribution in [0.15, 0.2) is 18.2 Å². The molecule has 0 fully saturated rings. The molecule has 0 amide bonds. The minimum atomic E-state index is 0.311. The van der Waals surface area contributed by atoms with Gasteiger partial charge in [-0.1, -0.05) is 49.5 Å². The van der Waals surface area contributed by atoms with Crippen LogP contribution >= 0.6 is 23.2 Å². The van der Waals surface area contributed by atoms with Crippen LogP contribution in [0.2, 0.25) is 10.0 Å². The standard InChI is InChI=1S/C15H19Cl2N3/c1-4-6-9(2)14-13(15(18)20(3)19-14)12-10(16)7-5-8-11(12)17/h5,7-9H,4,6,18H2,1-3H3. The van der Waals surface area contributed by atoms with Gasteiger partial charge >= 0.3 is 0 Å². The summed E-state index contributed by atoms with van der Waals surface area (Å²) in [6.45, 7) is 4.31. The van der Waals surface area contributed by atoms with Crippen molar-refractivity contribution in [1.29, 1.82) is 0 Å². The second kappa shape index (κ2) is 6.06. The number of nitrogens with two attached hydrogens (primary N) is 1. The lowest BCUT2D eigenvalue weighted by molar-refractivity contribution is 0.627. The van der Waals surface area contributed by atoms with Crippen molar-refractivity contribution in [3.63, 3.8) is 0 Å². The molecular formula is C15H19Cl2N3. The van der Waals surface area contributed by atoms with E-state index in [2.05, 4.69) is 18.9 Å². The second-order valence-corrected chi connectivity index (χ2v) is 5.87. The molecule has 5 heteroatoms. The maximum absolute atomic E-state index is 6.32. The van der Waals surface area contributed by atoms with Gasteiger partial charge in [-0.15, -0.1) is 0 Å². The molecule has 0 aliphatic heterocycles. The molecule has 0 spiro atoms. The highest BCUT2D eigenvalue weighted by Crippen LogP contribution is 2.42. The summed E-state index contributed by atoms with van der Waals surface area (Å²) in [6, 6.07) is 5.48. The number of benzene rings is 1. The maximum atomic E-state index is 6.32. The Hall–Kier alpha value is -1.19. The summed E-state index contributed by atoms with van der Waals surface area (Å²) in [5, 5.41) is 5.76. The molecule has 3 nitrogen and oxygen atoms in total. The van der Waals surface area contributed by atoms with Gasteiger partial charge in [0.1, 0.15) is 5.82 Å². The summed E-state index contributed by atoms with van der Waals surface area (Å²) in [7, 11) is 1.84. The van der Waals surface area contributed by atoms with E-state index in [1.807, 2.05) is 25.2 Å². The Bertz CT molecular complexity index is 600. The van der Waals surface area contributed by atoms with Gasteiger partial charge in [0.05, 0.1) is 21.3 Å². The third kappa shape index (κ3) is 2.65. The highest BCUT2D eigenvalue weighted by atomic mass is 35.5. The highest BCUT2D eigenvalue weighted by molar-refractivity contribution is 6.39. The van der Waals surface area contributed by atoms with Crippen LogP contribution in [-0.2, 0) is 7.05 Å². The van der Waals surface area contributed by atoms with E-state index in [1.54, 1.807) is 4.68 Å². The molecule has 2 rings (SSSR count). The van der Waals surface area contributed by atoms with Gasteiger partial charge < -0.3 is 5.73 Å². The van der Waals surface area contributed by atoms with E-state index >= 15 is 0 Å². The molecule has 1 unspecified atom stereocenters. The first-order chi connectivity index (χ1) is 9.47. The summed E-state index contributed by atoms with van der Waals surface area (Å²) < 4.78 is 1.69. The maximum Gasteiger partial charge on any atom is 0.129 e. The summed E-state index contributed by atoms with van der Waals surface area (Å²) in [5.41, 5.74) is 8.79. The predicted octanol–water partition coefficient (Wildman–Crippen LogP) is 4.88. The van der Waals surface area contributed by atoms with Crippen molar-refractivity contribution in [1.82, 2.24) is 9.78 Å². The molecule has 0 radical (unpaired) electrons. The molecule has 0 bridgehead atoms. The first-order valence-electron chi connectivity index (χ1n) is 6.74. The molecule has 1 heterocycles. The third-order valence-corrected chi connectivity index (χ3v) is 4.15. The number of aromatic nitrogens is 2. The Morgan fingerprint density at radius 2 is 1.85 bits per heavy atom. The zero-order valence-corrected chi connectivity index (χ0v) is 13.5. The van der Waals surface area contributed by atoms with Gasteiger partial charge in [0.25, 0.3) is 0 Å². The second-order valence-electron chi connectivity index (χ2n) is 5.06. The molecular weight excluding hydrogens is 293 g/mol. The fourth-order valence-corrected chi connectivity index (χ4v) is 3.05. The number of halogens is 2. The zero-order valence-electron chi connectivity index (χ0n) is 12.0. The SMILES string of the molecule is CCCC(C)c1nn(C)c(N)c1-c1c(Cl)cccc1Cl. The van der Waals surface area contributed by atoms with Crippen molar-refractivity contribution in [2.45, 2.75) is 32.6 Å². The van der Waals surface area contributed by atoms with Crippen LogP contribution in [0.5, 0.6) is 0 Å². The van der Waals surface area contributed by atoms with E-state index in [0.717, 1.165) is 29.7 Å². The molecule has 0 saturated heterocycles. The van der Waals surface area contributed by atoms with E-state index in [-0.39, 0.29) is 0 Å². The van der Waals surface area contributed by atoms with Crippen molar-refractivity contribution in [2.24, 2.45) is 7.05 Å². The molecule has 20 heavy (non-hydrogen) atoms. The Morgan fingerprint density at radius 3 is 2.40 bits per heavy atom. The quantitative estimate of drug-likeness (QED) is 0.874. The van der Waals surface area contributed by atoms with Gasteiger partial charge in [-0.2, -0.15) is 5.10 Å². The van der Waals surface area contributed by atoms with Crippen LogP contribution in [0, 0.1) is 0 Å². The number of nitrogen functional groups attached to an aromatic ring is 1. The van der Waals surface area contributed by atoms with Crippen LogP contribution in [0.1, 0.15) is 38.3 Å². The summed E-state index contributed by atoms with van der Waals surface area (Å²) in [5.74, 6) is 0.906. The van der Waals surface area contributed by atoms with Crippen molar-refractivity contribution >= 4 is 29.0 Å². The summed E-state index contributed by atoms with van der Waals surface area (Å²) in [6.07, 6.45) is 2.14. The lowest BCUT2D eigenvalue weighted by Crippen LogP contribution is -1.98. The Morgan fingerprint density at radius 1 is 1.25 bits per heavy atom. The van der Waals surface area contributed by atoms with Crippen LogP contribution < -0.4 is 5.73 Å². The number of nitrogens with zero attached hydrogens (tertiary/aromatic N) is 2. The van der Waals surface area contributed by atoms with Gasteiger partial charge in [0.15, 0.2) is 0 Å². The first kappa shape index (κ1) is 15.2. The van der Waals surface area contributed by atoms with Crippen molar-refractivity contribution in [2.75, 3.05) is 5.73 Å². The molecule has 2 N–H and O–H groups in total. The number of anilines is 1. The number of hydrogen-bond donors (Lipinski definition) is 1. The van der Waals surface area contributed by atoms with Crippen molar-refractivity contribution in [3.8, 4) is 11.1 Å². The van der Waals surface area contributed by atoms with Crippen LogP contribution in [0.25, 0.3) is 11.1 Å². The Balaban J connectivity index is 2.67. The predicted molar refractivity (Wildman–Crippen MR) is 86.4 cm³/mol. The molecule has 2 aromatic rings. The Kier molecular flexibility index (Phi) is 4.61. The molecule has 1 aromatic heterocycles. The first-order valence-corrected chi connectivity index (χ1v) is 7.49. The summed E-state index contributed by atoms with van der Waals surface area (Å²) >= 11 is 12.6. The van der Waals surface area contributed by atoms with E-state index in [1.165, 1.54) is 0 Å².